The molecule has 0 radical (unpaired) electrons. The standard InChI is InChI=1S/C20H26N2O6S/c1-14(2)28-20(24)15-5-10-18(21-11-4-12-23)19(13-15)29(25,26)22-16-6-8-17(27-3)9-7-16/h5-10,13-14,21-23H,4,11-12H2,1-3H3. The topological polar surface area (TPSA) is 114 Å². The first-order chi connectivity index (χ1) is 13.8. The number of ether oxygens (including phenoxy) is 2. The first-order valence-corrected chi connectivity index (χ1v) is 10.6. The van der Waals surface area contributed by atoms with Gasteiger partial charge in [0.05, 0.1) is 24.5 Å². The van der Waals surface area contributed by atoms with Crippen molar-refractivity contribution in [2.75, 3.05) is 30.3 Å². The fraction of sp³-hybridized carbons (Fsp3) is 0.350. The van der Waals surface area contributed by atoms with Gasteiger partial charge in [-0.1, -0.05) is 0 Å². The van der Waals surface area contributed by atoms with Gasteiger partial charge in [0.25, 0.3) is 10.0 Å². The molecule has 2 aromatic carbocycles. The summed E-state index contributed by atoms with van der Waals surface area (Å²) in [5, 5.41) is 11.9. The van der Waals surface area contributed by atoms with E-state index in [9.17, 15) is 13.2 Å². The lowest BCUT2D eigenvalue weighted by Crippen LogP contribution is -2.18. The number of hydrogen-bond acceptors (Lipinski definition) is 7. The first kappa shape index (κ1) is 22.5. The number of nitrogens with one attached hydrogen (secondary N) is 2. The van der Waals surface area contributed by atoms with E-state index in [2.05, 4.69) is 10.0 Å². The van der Waals surface area contributed by atoms with E-state index in [0.717, 1.165) is 0 Å². The molecule has 0 aliphatic carbocycles. The summed E-state index contributed by atoms with van der Waals surface area (Å²) in [5.41, 5.74) is 0.796. The number of aliphatic hydroxyl groups is 1. The number of rotatable bonds is 10. The van der Waals surface area contributed by atoms with Crippen molar-refractivity contribution >= 4 is 27.4 Å². The number of esters is 1. The van der Waals surface area contributed by atoms with Crippen molar-refractivity contribution in [3.8, 4) is 5.75 Å². The molecule has 0 spiro atoms. The number of methoxy groups -OCH3 is 1. The highest BCUT2D eigenvalue weighted by molar-refractivity contribution is 7.92. The molecule has 0 atom stereocenters. The highest BCUT2D eigenvalue weighted by atomic mass is 32.2. The molecular formula is C20H26N2O6S. The number of sulfonamides is 1. The molecule has 3 N–H and O–H groups in total. The Labute approximate surface area is 170 Å². The van der Waals surface area contributed by atoms with Gasteiger partial charge in [-0.25, -0.2) is 13.2 Å². The van der Waals surface area contributed by atoms with Crippen molar-refractivity contribution in [3.05, 3.63) is 48.0 Å². The van der Waals surface area contributed by atoms with Gasteiger partial charge in [0.2, 0.25) is 0 Å². The summed E-state index contributed by atoms with van der Waals surface area (Å²) in [5.74, 6) is -0.0134. The predicted molar refractivity (Wildman–Crippen MR) is 111 cm³/mol. The summed E-state index contributed by atoms with van der Waals surface area (Å²) in [6.07, 6.45) is 0.116. The Morgan fingerprint density at radius 1 is 1.14 bits per heavy atom. The zero-order chi connectivity index (χ0) is 21.4. The lowest BCUT2D eigenvalue weighted by Gasteiger charge is -2.16. The fourth-order valence-electron chi connectivity index (χ4n) is 2.47. The van der Waals surface area contributed by atoms with Gasteiger partial charge < -0.3 is 19.9 Å². The average molecular weight is 423 g/mol. The Morgan fingerprint density at radius 3 is 2.41 bits per heavy atom. The Hall–Kier alpha value is -2.78. The van der Waals surface area contributed by atoms with Crippen molar-refractivity contribution in [3.63, 3.8) is 0 Å². The molecule has 0 heterocycles. The molecule has 0 bridgehead atoms. The normalized spacial score (nSPS) is 11.2. The minimum absolute atomic E-state index is 0.0298. The second kappa shape index (κ2) is 10.1. The molecule has 0 fully saturated rings. The highest BCUT2D eigenvalue weighted by Crippen LogP contribution is 2.26. The number of benzene rings is 2. The number of hydrogen-bond donors (Lipinski definition) is 3. The fourth-order valence-corrected chi connectivity index (χ4v) is 3.74. The Bertz CT molecular complexity index is 926. The number of carbonyl (C=O) groups excluding carboxylic acids is 1. The molecule has 0 amide bonds. The van der Waals surface area contributed by atoms with E-state index in [1.807, 2.05) is 0 Å². The van der Waals surface area contributed by atoms with Crippen molar-refractivity contribution in [2.45, 2.75) is 31.3 Å². The van der Waals surface area contributed by atoms with Gasteiger partial charge in [0.1, 0.15) is 10.6 Å². The lowest BCUT2D eigenvalue weighted by molar-refractivity contribution is 0.0377. The molecule has 0 aliphatic heterocycles. The molecular weight excluding hydrogens is 396 g/mol. The summed E-state index contributed by atoms with van der Waals surface area (Å²) >= 11 is 0. The SMILES string of the molecule is COc1ccc(NS(=O)(=O)c2cc(C(=O)OC(C)C)ccc2NCCCO)cc1. The van der Waals surface area contributed by atoms with Crippen LogP contribution in [0.3, 0.4) is 0 Å². The van der Waals surface area contributed by atoms with Gasteiger partial charge in [-0.3, -0.25) is 4.72 Å². The molecule has 0 unspecified atom stereocenters. The third kappa shape index (κ3) is 6.37. The van der Waals surface area contributed by atoms with E-state index in [0.29, 0.717) is 30.1 Å². The van der Waals surface area contributed by atoms with E-state index in [1.165, 1.54) is 25.3 Å². The summed E-state index contributed by atoms with van der Waals surface area (Å²) in [6.45, 7) is 3.77. The maximum atomic E-state index is 13.0. The molecule has 2 aromatic rings. The maximum absolute atomic E-state index is 13.0. The molecule has 0 saturated heterocycles. The summed E-state index contributed by atoms with van der Waals surface area (Å²) in [4.78, 5) is 12.1. The van der Waals surface area contributed by atoms with Crippen molar-refractivity contribution in [2.24, 2.45) is 0 Å². The van der Waals surface area contributed by atoms with Crippen LogP contribution in [-0.2, 0) is 14.8 Å². The van der Waals surface area contributed by atoms with Crippen LogP contribution in [0.4, 0.5) is 11.4 Å². The minimum Gasteiger partial charge on any atom is -0.497 e. The van der Waals surface area contributed by atoms with Crippen LogP contribution in [0, 0.1) is 0 Å². The average Bonchev–Trinajstić information content (AvgIpc) is 2.68. The highest BCUT2D eigenvalue weighted by Gasteiger charge is 2.22. The quantitative estimate of drug-likeness (QED) is 0.398. The molecule has 0 saturated carbocycles. The van der Waals surface area contributed by atoms with Crippen LogP contribution in [0.25, 0.3) is 0 Å². The maximum Gasteiger partial charge on any atom is 0.338 e. The zero-order valence-electron chi connectivity index (χ0n) is 16.6. The van der Waals surface area contributed by atoms with Crippen LogP contribution in [0.1, 0.15) is 30.6 Å². The van der Waals surface area contributed by atoms with Crippen LogP contribution in [0.5, 0.6) is 5.75 Å². The third-order valence-electron chi connectivity index (χ3n) is 3.84. The predicted octanol–water partition coefficient (Wildman–Crippen LogP) is 2.86. The monoisotopic (exact) mass is 422 g/mol. The van der Waals surface area contributed by atoms with Gasteiger partial charge in [-0.05, 0) is 62.7 Å². The molecule has 0 aliphatic rings. The van der Waals surface area contributed by atoms with Crippen molar-refractivity contribution < 1.29 is 27.8 Å². The van der Waals surface area contributed by atoms with E-state index in [-0.39, 0.29) is 23.2 Å². The Balaban J connectivity index is 2.38. The Kier molecular flexibility index (Phi) is 7.86. The van der Waals surface area contributed by atoms with Gasteiger partial charge in [0.15, 0.2) is 0 Å². The van der Waals surface area contributed by atoms with Gasteiger partial charge in [-0.15, -0.1) is 0 Å². The number of carbonyl (C=O) groups is 1. The van der Waals surface area contributed by atoms with Crippen LogP contribution < -0.4 is 14.8 Å². The third-order valence-corrected chi connectivity index (χ3v) is 5.26. The van der Waals surface area contributed by atoms with Gasteiger partial charge in [0, 0.05) is 18.8 Å². The van der Waals surface area contributed by atoms with E-state index in [1.54, 1.807) is 38.1 Å². The minimum atomic E-state index is -4.01. The summed E-state index contributed by atoms with van der Waals surface area (Å²) < 4.78 is 38.8. The van der Waals surface area contributed by atoms with Crippen molar-refractivity contribution in [1.29, 1.82) is 0 Å². The molecule has 29 heavy (non-hydrogen) atoms. The molecule has 0 aromatic heterocycles. The van der Waals surface area contributed by atoms with E-state index in [4.69, 9.17) is 14.6 Å². The molecule has 9 heteroatoms. The van der Waals surface area contributed by atoms with Crippen LogP contribution in [-0.4, -0.2) is 45.9 Å². The first-order valence-electron chi connectivity index (χ1n) is 9.13. The zero-order valence-corrected chi connectivity index (χ0v) is 17.5. The van der Waals surface area contributed by atoms with Crippen LogP contribution >= 0.6 is 0 Å². The smallest absolute Gasteiger partial charge is 0.338 e. The number of aliphatic hydroxyl groups excluding tert-OH is 1. The second-order valence-electron chi connectivity index (χ2n) is 6.50. The molecule has 158 valence electrons. The van der Waals surface area contributed by atoms with Crippen LogP contribution in [0.15, 0.2) is 47.4 Å². The van der Waals surface area contributed by atoms with Crippen molar-refractivity contribution in [1.82, 2.24) is 0 Å². The largest absolute Gasteiger partial charge is 0.497 e. The van der Waals surface area contributed by atoms with Gasteiger partial charge in [-0.2, -0.15) is 0 Å². The lowest BCUT2D eigenvalue weighted by atomic mass is 10.2. The molecule has 2 rings (SSSR count). The Morgan fingerprint density at radius 2 is 1.83 bits per heavy atom. The summed E-state index contributed by atoms with van der Waals surface area (Å²) in [7, 11) is -2.49. The summed E-state index contributed by atoms with van der Waals surface area (Å²) in [6, 6.07) is 10.7. The van der Waals surface area contributed by atoms with E-state index >= 15 is 0 Å². The number of anilines is 2. The molecule has 8 nitrogen and oxygen atoms in total. The van der Waals surface area contributed by atoms with Gasteiger partial charge >= 0.3 is 5.97 Å². The van der Waals surface area contributed by atoms with E-state index < -0.39 is 16.0 Å². The second-order valence-corrected chi connectivity index (χ2v) is 8.15. The van der Waals surface area contributed by atoms with Crippen LogP contribution in [0.2, 0.25) is 0 Å².